The number of nitro benzene ring substituents is 1. The second-order valence-corrected chi connectivity index (χ2v) is 4.42. The fraction of sp³-hybridized carbons (Fsp3) is 0.417. The molecule has 0 aliphatic carbocycles. The molecule has 1 amide bonds. The molecule has 1 fully saturated rings. The zero-order valence-corrected chi connectivity index (χ0v) is 10.1. The van der Waals surface area contributed by atoms with Crippen molar-refractivity contribution in [2.75, 3.05) is 13.1 Å². The van der Waals surface area contributed by atoms with Crippen LogP contribution in [0.5, 0.6) is 0 Å². The van der Waals surface area contributed by atoms with E-state index in [1.54, 1.807) is 6.92 Å². The van der Waals surface area contributed by atoms with E-state index in [4.69, 9.17) is 0 Å². The van der Waals surface area contributed by atoms with Crippen molar-refractivity contribution in [3.63, 3.8) is 0 Å². The second kappa shape index (κ2) is 5.14. The average Bonchev–Trinajstić information content (AvgIpc) is 2.81. The fourth-order valence-electron chi connectivity index (χ4n) is 2.06. The summed E-state index contributed by atoms with van der Waals surface area (Å²) in [5, 5.41) is 16.7. The van der Waals surface area contributed by atoms with Gasteiger partial charge in [0.25, 0.3) is 11.6 Å². The number of benzene rings is 1. The number of carbonyl (C=O) groups is 1. The monoisotopic (exact) mass is 249 g/mol. The summed E-state index contributed by atoms with van der Waals surface area (Å²) in [5.41, 5.74) is 1.12. The summed E-state index contributed by atoms with van der Waals surface area (Å²) in [7, 11) is 0. The lowest BCUT2D eigenvalue weighted by atomic mass is 10.1. The number of hydrogen-bond donors (Lipinski definition) is 2. The largest absolute Gasteiger partial charge is 0.348 e. The molecule has 2 rings (SSSR count). The first-order valence-corrected chi connectivity index (χ1v) is 5.84. The van der Waals surface area contributed by atoms with Crippen LogP contribution in [0.4, 0.5) is 5.69 Å². The fourth-order valence-corrected chi connectivity index (χ4v) is 2.06. The van der Waals surface area contributed by atoms with Gasteiger partial charge in [0.15, 0.2) is 0 Å². The highest BCUT2D eigenvalue weighted by Crippen LogP contribution is 2.17. The van der Waals surface area contributed by atoms with Crippen molar-refractivity contribution in [1.29, 1.82) is 0 Å². The topological polar surface area (TPSA) is 84.3 Å². The minimum atomic E-state index is -0.463. The molecule has 18 heavy (non-hydrogen) atoms. The molecule has 0 aromatic heterocycles. The van der Waals surface area contributed by atoms with E-state index in [0.717, 1.165) is 19.5 Å². The third-order valence-corrected chi connectivity index (χ3v) is 3.06. The van der Waals surface area contributed by atoms with Crippen LogP contribution < -0.4 is 10.6 Å². The Balaban J connectivity index is 2.12. The number of nitrogens with one attached hydrogen (secondary N) is 2. The quantitative estimate of drug-likeness (QED) is 0.618. The molecule has 1 aliphatic heterocycles. The van der Waals surface area contributed by atoms with Crippen molar-refractivity contribution in [3.8, 4) is 0 Å². The van der Waals surface area contributed by atoms with Gasteiger partial charge in [0, 0.05) is 30.3 Å². The summed E-state index contributed by atoms with van der Waals surface area (Å²) in [6.45, 7) is 3.39. The van der Waals surface area contributed by atoms with Gasteiger partial charge in [-0.3, -0.25) is 14.9 Å². The lowest BCUT2D eigenvalue weighted by molar-refractivity contribution is -0.384. The van der Waals surface area contributed by atoms with Crippen molar-refractivity contribution >= 4 is 11.6 Å². The van der Waals surface area contributed by atoms with Gasteiger partial charge >= 0.3 is 0 Å². The van der Waals surface area contributed by atoms with Gasteiger partial charge in [-0.25, -0.2) is 0 Å². The number of amides is 1. The normalized spacial score (nSPS) is 18.6. The number of nitrogens with zero attached hydrogens (tertiary/aromatic N) is 1. The van der Waals surface area contributed by atoms with Crippen LogP contribution in [0.3, 0.4) is 0 Å². The smallest absolute Gasteiger partial charge is 0.269 e. The van der Waals surface area contributed by atoms with Gasteiger partial charge in [0.1, 0.15) is 0 Å². The number of aryl methyl sites for hydroxylation is 1. The molecule has 96 valence electrons. The summed E-state index contributed by atoms with van der Waals surface area (Å²) in [6, 6.07) is 4.43. The minimum absolute atomic E-state index is 0.00610. The van der Waals surface area contributed by atoms with Crippen molar-refractivity contribution < 1.29 is 9.72 Å². The summed E-state index contributed by atoms with van der Waals surface area (Å²) < 4.78 is 0. The van der Waals surface area contributed by atoms with E-state index in [1.165, 1.54) is 18.2 Å². The van der Waals surface area contributed by atoms with Gasteiger partial charge in [-0.2, -0.15) is 0 Å². The van der Waals surface area contributed by atoms with Crippen LogP contribution in [0.25, 0.3) is 0 Å². The standard InChI is InChI=1S/C12H15N3O3/c1-8-6-10(15(17)18)2-3-11(8)12(16)14-9-4-5-13-7-9/h2-3,6,9,13H,4-5,7H2,1H3,(H,14,16). The average molecular weight is 249 g/mol. The van der Waals surface area contributed by atoms with E-state index in [2.05, 4.69) is 10.6 Å². The van der Waals surface area contributed by atoms with Crippen LogP contribution in [0, 0.1) is 17.0 Å². The maximum Gasteiger partial charge on any atom is 0.269 e. The van der Waals surface area contributed by atoms with Crippen molar-refractivity contribution in [2.24, 2.45) is 0 Å². The van der Waals surface area contributed by atoms with Gasteiger partial charge < -0.3 is 10.6 Å². The van der Waals surface area contributed by atoms with Crippen molar-refractivity contribution in [3.05, 3.63) is 39.4 Å². The molecule has 0 bridgehead atoms. The van der Waals surface area contributed by atoms with Gasteiger partial charge in [0.2, 0.25) is 0 Å². The Labute approximate surface area is 105 Å². The second-order valence-electron chi connectivity index (χ2n) is 4.42. The Kier molecular flexibility index (Phi) is 3.57. The summed E-state index contributed by atoms with van der Waals surface area (Å²) in [4.78, 5) is 22.1. The van der Waals surface area contributed by atoms with Crippen LogP contribution in [-0.4, -0.2) is 30.0 Å². The van der Waals surface area contributed by atoms with Crippen LogP contribution in [0.15, 0.2) is 18.2 Å². The van der Waals surface area contributed by atoms with Gasteiger partial charge in [-0.1, -0.05) is 0 Å². The number of rotatable bonds is 3. The Morgan fingerprint density at radius 2 is 2.33 bits per heavy atom. The summed E-state index contributed by atoms with van der Waals surface area (Å²) >= 11 is 0. The van der Waals surface area contributed by atoms with Crippen LogP contribution in [0.1, 0.15) is 22.3 Å². The highest BCUT2D eigenvalue weighted by atomic mass is 16.6. The van der Waals surface area contributed by atoms with Crippen LogP contribution >= 0.6 is 0 Å². The molecule has 1 atom stereocenters. The number of non-ortho nitro benzene ring substituents is 1. The molecule has 0 spiro atoms. The number of hydrogen-bond acceptors (Lipinski definition) is 4. The Morgan fingerprint density at radius 3 is 2.89 bits per heavy atom. The van der Waals surface area contributed by atoms with Crippen LogP contribution in [-0.2, 0) is 0 Å². The van der Waals surface area contributed by atoms with Gasteiger partial charge in [-0.05, 0) is 31.5 Å². The van der Waals surface area contributed by atoms with Crippen molar-refractivity contribution in [1.82, 2.24) is 10.6 Å². The van der Waals surface area contributed by atoms with E-state index >= 15 is 0 Å². The highest BCUT2D eigenvalue weighted by molar-refractivity contribution is 5.96. The Hall–Kier alpha value is -1.95. The van der Waals surface area contributed by atoms with Gasteiger partial charge in [0.05, 0.1) is 4.92 Å². The molecule has 1 aromatic carbocycles. The first-order valence-electron chi connectivity index (χ1n) is 5.84. The van der Waals surface area contributed by atoms with E-state index in [-0.39, 0.29) is 17.6 Å². The molecule has 1 aromatic rings. The number of nitro groups is 1. The zero-order valence-electron chi connectivity index (χ0n) is 10.1. The molecular formula is C12H15N3O3. The minimum Gasteiger partial charge on any atom is -0.348 e. The lowest BCUT2D eigenvalue weighted by Crippen LogP contribution is -2.36. The molecular weight excluding hydrogens is 234 g/mol. The maximum atomic E-state index is 12.0. The summed E-state index contributed by atoms with van der Waals surface area (Å²) in [6.07, 6.45) is 0.914. The molecule has 6 nitrogen and oxygen atoms in total. The van der Waals surface area contributed by atoms with Crippen LogP contribution in [0.2, 0.25) is 0 Å². The third-order valence-electron chi connectivity index (χ3n) is 3.06. The molecule has 6 heteroatoms. The Morgan fingerprint density at radius 1 is 1.56 bits per heavy atom. The predicted molar refractivity (Wildman–Crippen MR) is 66.6 cm³/mol. The first kappa shape index (κ1) is 12.5. The lowest BCUT2D eigenvalue weighted by Gasteiger charge is -2.12. The predicted octanol–water partition coefficient (Wildman–Crippen LogP) is 0.995. The molecule has 0 radical (unpaired) electrons. The highest BCUT2D eigenvalue weighted by Gasteiger charge is 2.19. The maximum absolute atomic E-state index is 12.0. The zero-order chi connectivity index (χ0) is 13.1. The molecule has 1 heterocycles. The van der Waals surface area contributed by atoms with E-state index < -0.39 is 4.92 Å². The molecule has 1 saturated heterocycles. The van der Waals surface area contributed by atoms with Crippen molar-refractivity contribution in [2.45, 2.75) is 19.4 Å². The third kappa shape index (κ3) is 2.65. The molecule has 0 saturated carbocycles. The Bertz CT molecular complexity index is 481. The molecule has 1 unspecified atom stereocenters. The molecule has 1 aliphatic rings. The first-order chi connectivity index (χ1) is 8.58. The SMILES string of the molecule is Cc1cc([N+](=O)[O-])ccc1C(=O)NC1CCNC1. The van der Waals surface area contributed by atoms with E-state index in [0.29, 0.717) is 11.1 Å². The van der Waals surface area contributed by atoms with E-state index in [9.17, 15) is 14.9 Å². The summed E-state index contributed by atoms with van der Waals surface area (Å²) in [5.74, 6) is -0.170. The molecule has 2 N–H and O–H groups in total. The number of carbonyl (C=O) groups excluding carboxylic acids is 1. The van der Waals surface area contributed by atoms with E-state index in [1.807, 2.05) is 0 Å². The van der Waals surface area contributed by atoms with Gasteiger partial charge in [-0.15, -0.1) is 0 Å².